The lowest BCUT2D eigenvalue weighted by Crippen LogP contribution is -2.50. The van der Waals surface area contributed by atoms with E-state index in [0.717, 1.165) is 11.8 Å². The van der Waals surface area contributed by atoms with Gasteiger partial charge in [-0.3, -0.25) is 0 Å². The van der Waals surface area contributed by atoms with Crippen LogP contribution in [0.4, 0.5) is 0 Å². The Bertz CT molecular complexity index is 193. The Morgan fingerprint density at radius 2 is 1.77 bits per heavy atom. The third kappa shape index (κ3) is 1.90. The van der Waals surface area contributed by atoms with Gasteiger partial charge in [0.25, 0.3) is 0 Å². The molecule has 0 bridgehead atoms. The van der Waals surface area contributed by atoms with Gasteiger partial charge in [0.05, 0.1) is 0 Å². The van der Waals surface area contributed by atoms with E-state index in [0.29, 0.717) is 6.04 Å². The lowest BCUT2D eigenvalue weighted by atomic mass is 9.81. The molecule has 1 aliphatic rings. The fourth-order valence-corrected chi connectivity index (χ4v) is 2.17. The Hall–Kier alpha value is -0.460. The topological polar surface area (TPSA) is 3.24 Å². The van der Waals surface area contributed by atoms with Crippen molar-refractivity contribution in [1.29, 1.82) is 0 Å². The highest BCUT2D eigenvalue weighted by Gasteiger charge is 2.36. The molecule has 13 heavy (non-hydrogen) atoms. The van der Waals surface area contributed by atoms with Crippen molar-refractivity contribution in [3.63, 3.8) is 0 Å². The molecule has 0 aromatic carbocycles. The molecule has 0 aromatic rings. The second-order valence-electron chi connectivity index (χ2n) is 4.98. The molecule has 0 saturated carbocycles. The molecule has 1 rings (SSSR count). The van der Waals surface area contributed by atoms with Crippen LogP contribution in [0.3, 0.4) is 0 Å². The summed E-state index contributed by atoms with van der Waals surface area (Å²) in [6.45, 7) is 14.9. The van der Waals surface area contributed by atoms with Crippen LogP contribution in [-0.4, -0.2) is 17.5 Å². The Morgan fingerprint density at radius 1 is 1.23 bits per heavy atom. The molecule has 0 radical (unpaired) electrons. The highest BCUT2D eigenvalue weighted by molar-refractivity contribution is 5.22. The highest BCUT2D eigenvalue weighted by atomic mass is 15.2. The Labute approximate surface area is 82.8 Å². The fraction of sp³-hybridized carbons (Fsp3) is 0.833. The third-order valence-corrected chi connectivity index (χ3v) is 2.99. The van der Waals surface area contributed by atoms with Gasteiger partial charge in [0.15, 0.2) is 0 Å². The van der Waals surface area contributed by atoms with Crippen LogP contribution in [0.2, 0.25) is 0 Å². The minimum Gasteiger partial charge on any atom is -0.371 e. The van der Waals surface area contributed by atoms with Crippen molar-refractivity contribution in [1.82, 2.24) is 4.90 Å². The fourth-order valence-electron chi connectivity index (χ4n) is 2.17. The first-order chi connectivity index (χ1) is 5.95. The van der Waals surface area contributed by atoms with Crippen molar-refractivity contribution in [3.8, 4) is 0 Å². The summed E-state index contributed by atoms with van der Waals surface area (Å²) in [5, 5.41) is 0. The molecule has 0 spiro atoms. The van der Waals surface area contributed by atoms with Crippen molar-refractivity contribution in [2.75, 3.05) is 6.54 Å². The normalized spacial score (nSPS) is 22.6. The average molecular weight is 181 g/mol. The molecule has 1 atom stereocenters. The van der Waals surface area contributed by atoms with Gasteiger partial charge in [-0.25, -0.2) is 0 Å². The van der Waals surface area contributed by atoms with Gasteiger partial charge in [-0.2, -0.15) is 0 Å². The van der Waals surface area contributed by atoms with Crippen LogP contribution in [0.5, 0.6) is 0 Å². The van der Waals surface area contributed by atoms with E-state index in [1.54, 1.807) is 5.70 Å². The van der Waals surface area contributed by atoms with E-state index < -0.39 is 0 Å². The van der Waals surface area contributed by atoms with E-state index in [4.69, 9.17) is 0 Å². The van der Waals surface area contributed by atoms with E-state index >= 15 is 0 Å². The summed E-state index contributed by atoms with van der Waals surface area (Å²) in [5.41, 5.74) is 3.10. The summed E-state index contributed by atoms with van der Waals surface area (Å²) >= 11 is 0. The molecule has 1 nitrogen and oxygen atoms in total. The highest BCUT2D eigenvalue weighted by Crippen LogP contribution is 2.38. The van der Waals surface area contributed by atoms with Crippen LogP contribution in [0.15, 0.2) is 11.3 Å². The van der Waals surface area contributed by atoms with Gasteiger partial charge in [0, 0.05) is 24.2 Å². The van der Waals surface area contributed by atoms with Gasteiger partial charge in [-0.15, -0.1) is 0 Å². The number of hydrogen-bond donors (Lipinski definition) is 0. The third-order valence-electron chi connectivity index (χ3n) is 2.99. The van der Waals surface area contributed by atoms with E-state index in [1.165, 1.54) is 12.1 Å². The molecule has 1 unspecified atom stereocenters. The predicted molar refractivity (Wildman–Crippen MR) is 58.5 cm³/mol. The van der Waals surface area contributed by atoms with Gasteiger partial charge in [-0.1, -0.05) is 19.4 Å². The largest absolute Gasteiger partial charge is 0.371 e. The van der Waals surface area contributed by atoms with Crippen molar-refractivity contribution < 1.29 is 0 Å². The molecule has 0 aromatic heterocycles. The van der Waals surface area contributed by atoms with Crippen LogP contribution in [0.1, 0.15) is 41.5 Å². The van der Waals surface area contributed by atoms with Crippen molar-refractivity contribution in [2.45, 2.75) is 47.6 Å². The zero-order chi connectivity index (χ0) is 10.2. The Balaban J connectivity index is 2.76. The second-order valence-corrected chi connectivity index (χ2v) is 4.98. The first-order valence-electron chi connectivity index (χ1n) is 5.39. The van der Waals surface area contributed by atoms with Gasteiger partial charge < -0.3 is 4.90 Å². The lowest BCUT2D eigenvalue weighted by Gasteiger charge is -2.49. The quantitative estimate of drug-likeness (QED) is 0.632. The minimum absolute atomic E-state index is 0.667. The van der Waals surface area contributed by atoms with Gasteiger partial charge in [-0.05, 0) is 33.6 Å². The molecule has 76 valence electrons. The monoisotopic (exact) mass is 181 g/mol. The summed E-state index contributed by atoms with van der Waals surface area (Å²) in [4.78, 5) is 2.53. The minimum atomic E-state index is 0.667. The molecule has 1 heterocycles. The molecule has 1 heteroatoms. The number of hydrogen-bond acceptors (Lipinski definition) is 1. The average Bonchev–Trinajstić information content (AvgIpc) is 1.79. The first-order valence-corrected chi connectivity index (χ1v) is 5.39. The van der Waals surface area contributed by atoms with E-state index in [-0.39, 0.29) is 0 Å². The van der Waals surface area contributed by atoms with E-state index in [1.807, 2.05) is 0 Å². The molecule has 1 fully saturated rings. The molecular weight excluding hydrogens is 158 g/mol. The second kappa shape index (κ2) is 3.73. The van der Waals surface area contributed by atoms with Crippen molar-refractivity contribution >= 4 is 0 Å². The predicted octanol–water partition coefficient (Wildman–Crippen LogP) is 3.28. The number of likely N-dealkylation sites (tertiary alicyclic amines) is 1. The number of nitrogens with zero attached hydrogens (tertiary/aromatic N) is 1. The maximum Gasteiger partial charge on any atom is 0.0263 e. The summed E-state index contributed by atoms with van der Waals surface area (Å²) in [6, 6.07) is 0.667. The van der Waals surface area contributed by atoms with Gasteiger partial charge in [0.1, 0.15) is 0 Å². The van der Waals surface area contributed by atoms with Crippen molar-refractivity contribution in [2.24, 2.45) is 11.8 Å². The van der Waals surface area contributed by atoms with Crippen LogP contribution >= 0.6 is 0 Å². The van der Waals surface area contributed by atoms with Crippen molar-refractivity contribution in [3.05, 3.63) is 11.3 Å². The molecule has 0 N–H and O–H groups in total. The zero-order valence-corrected chi connectivity index (χ0v) is 9.89. The smallest absolute Gasteiger partial charge is 0.0263 e. The van der Waals surface area contributed by atoms with Gasteiger partial charge in [0.2, 0.25) is 0 Å². The molecule has 1 aliphatic heterocycles. The SMILES string of the molecule is CC(C)=C1C(C(C)C)CN1C(C)C. The van der Waals surface area contributed by atoms with Crippen LogP contribution in [-0.2, 0) is 0 Å². The molecule has 0 aliphatic carbocycles. The van der Waals surface area contributed by atoms with Crippen LogP contribution in [0, 0.1) is 11.8 Å². The maximum atomic E-state index is 2.53. The summed E-state index contributed by atoms with van der Waals surface area (Å²) in [5.74, 6) is 1.60. The Kier molecular flexibility index (Phi) is 3.05. The number of allylic oxidation sites excluding steroid dienone is 1. The van der Waals surface area contributed by atoms with E-state index in [2.05, 4.69) is 46.4 Å². The standard InChI is InChI=1S/C12H23N/c1-8(2)11-7-13(10(5)6)12(11)9(3)4/h8,10-11H,7H2,1-6H3. The van der Waals surface area contributed by atoms with E-state index in [9.17, 15) is 0 Å². The number of rotatable bonds is 2. The summed E-state index contributed by atoms with van der Waals surface area (Å²) in [7, 11) is 0. The summed E-state index contributed by atoms with van der Waals surface area (Å²) in [6.07, 6.45) is 0. The van der Waals surface area contributed by atoms with Crippen LogP contribution < -0.4 is 0 Å². The summed E-state index contributed by atoms with van der Waals surface area (Å²) < 4.78 is 0. The maximum absolute atomic E-state index is 2.53. The van der Waals surface area contributed by atoms with Crippen LogP contribution in [0.25, 0.3) is 0 Å². The molecule has 0 amide bonds. The molecule has 1 saturated heterocycles. The Morgan fingerprint density at radius 3 is 2.08 bits per heavy atom. The lowest BCUT2D eigenvalue weighted by molar-refractivity contribution is 0.106. The van der Waals surface area contributed by atoms with Gasteiger partial charge >= 0.3 is 0 Å². The first kappa shape index (κ1) is 10.6. The molecular formula is C12H23N. The zero-order valence-electron chi connectivity index (χ0n) is 9.89.